The maximum absolute atomic E-state index is 12.3. The van der Waals surface area contributed by atoms with Crippen molar-refractivity contribution in [1.29, 1.82) is 0 Å². The van der Waals surface area contributed by atoms with Gasteiger partial charge < -0.3 is 4.90 Å². The molecule has 102 valence electrons. The SMILES string of the molecule is O=C(C1CC1)N1CCCCC1CC=Cc1cccs1. The number of carbonyl (C=O) groups is 1. The highest BCUT2D eigenvalue weighted by atomic mass is 32.1. The standard InChI is InChI=1S/C16H21NOS/c18-16(13-9-10-13)17-11-2-1-5-14(17)6-3-7-15-8-4-12-19-15/h3-4,7-8,12-14H,1-2,5-6,9-11H2. The summed E-state index contributed by atoms with van der Waals surface area (Å²) in [5.74, 6) is 0.788. The maximum atomic E-state index is 12.3. The van der Waals surface area contributed by atoms with E-state index >= 15 is 0 Å². The maximum Gasteiger partial charge on any atom is 0.225 e. The van der Waals surface area contributed by atoms with Gasteiger partial charge in [0.25, 0.3) is 0 Å². The molecule has 1 aliphatic carbocycles. The van der Waals surface area contributed by atoms with Gasteiger partial charge in [0.2, 0.25) is 5.91 Å². The molecule has 0 bridgehead atoms. The minimum absolute atomic E-state index is 0.363. The summed E-state index contributed by atoms with van der Waals surface area (Å²) < 4.78 is 0. The van der Waals surface area contributed by atoms with E-state index in [1.54, 1.807) is 11.3 Å². The molecule has 0 N–H and O–H groups in total. The number of hydrogen-bond acceptors (Lipinski definition) is 2. The van der Waals surface area contributed by atoms with Crippen LogP contribution in [0.1, 0.15) is 43.4 Å². The van der Waals surface area contributed by atoms with Crippen LogP contribution in [0.2, 0.25) is 0 Å². The number of rotatable bonds is 4. The monoisotopic (exact) mass is 275 g/mol. The van der Waals surface area contributed by atoms with Crippen molar-refractivity contribution in [1.82, 2.24) is 4.90 Å². The summed E-state index contributed by atoms with van der Waals surface area (Å²) in [7, 11) is 0. The number of nitrogens with zero attached hydrogens (tertiary/aromatic N) is 1. The molecule has 0 aromatic carbocycles. The lowest BCUT2D eigenvalue weighted by Gasteiger charge is -2.35. The Balaban J connectivity index is 1.58. The summed E-state index contributed by atoms with van der Waals surface area (Å²) in [4.78, 5) is 15.7. The zero-order valence-electron chi connectivity index (χ0n) is 11.3. The van der Waals surface area contributed by atoms with Crippen molar-refractivity contribution < 1.29 is 4.79 Å². The third-order valence-corrected chi connectivity index (χ3v) is 4.91. The molecule has 1 aromatic heterocycles. The quantitative estimate of drug-likeness (QED) is 0.815. The molecule has 1 saturated carbocycles. The van der Waals surface area contributed by atoms with Crippen molar-refractivity contribution in [3.63, 3.8) is 0 Å². The van der Waals surface area contributed by atoms with E-state index in [9.17, 15) is 4.79 Å². The summed E-state index contributed by atoms with van der Waals surface area (Å²) in [6, 6.07) is 4.65. The highest BCUT2D eigenvalue weighted by Crippen LogP contribution is 2.34. The molecule has 2 fully saturated rings. The van der Waals surface area contributed by atoms with Crippen LogP contribution in [0, 0.1) is 5.92 Å². The van der Waals surface area contributed by atoms with Gasteiger partial charge in [0.1, 0.15) is 0 Å². The summed E-state index contributed by atoms with van der Waals surface area (Å²) in [5.41, 5.74) is 0. The fourth-order valence-corrected chi connectivity index (χ4v) is 3.47. The van der Waals surface area contributed by atoms with E-state index in [4.69, 9.17) is 0 Å². The zero-order chi connectivity index (χ0) is 13.1. The average Bonchev–Trinajstić information content (AvgIpc) is 3.17. The Labute approximate surface area is 119 Å². The third-order valence-electron chi connectivity index (χ3n) is 4.07. The van der Waals surface area contributed by atoms with Gasteiger partial charge >= 0.3 is 0 Å². The van der Waals surface area contributed by atoms with Crippen LogP contribution >= 0.6 is 11.3 Å². The topological polar surface area (TPSA) is 20.3 Å². The molecule has 19 heavy (non-hydrogen) atoms. The van der Waals surface area contributed by atoms with Gasteiger partial charge in [-0.25, -0.2) is 0 Å². The van der Waals surface area contributed by atoms with E-state index in [0.29, 0.717) is 17.9 Å². The average molecular weight is 275 g/mol. The van der Waals surface area contributed by atoms with Gasteiger partial charge in [-0.2, -0.15) is 0 Å². The normalized spacial score (nSPS) is 24.0. The second kappa shape index (κ2) is 5.91. The first kappa shape index (κ1) is 12.9. The first-order chi connectivity index (χ1) is 9.34. The second-order valence-corrected chi connectivity index (χ2v) is 6.59. The number of hydrogen-bond donors (Lipinski definition) is 0. The molecule has 3 heteroatoms. The molecule has 1 atom stereocenters. The van der Waals surface area contributed by atoms with Crippen LogP contribution in [-0.4, -0.2) is 23.4 Å². The lowest BCUT2D eigenvalue weighted by atomic mass is 9.98. The fourth-order valence-electron chi connectivity index (χ4n) is 2.83. The summed E-state index contributed by atoms with van der Waals surface area (Å²) in [6.45, 7) is 0.979. The number of carbonyl (C=O) groups excluding carboxylic acids is 1. The molecule has 2 nitrogen and oxygen atoms in total. The Morgan fingerprint density at radius 2 is 2.26 bits per heavy atom. The van der Waals surface area contributed by atoms with Crippen LogP contribution in [0.15, 0.2) is 23.6 Å². The van der Waals surface area contributed by atoms with Crippen molar-refractivity contribution >= 4 is 23.3 Å². The molecule has 2 aliphatic rings. The Morgan fingerprint density at radius 1 is 1.37 bits per heavy atom. The van der Waals surface area contributed by atoms with Gasteiger partial charge in [-0.05, 0) is 56.0 Å². The molecular weight excluding hydrogens is 254 g/mol. The summed E-state index contributed by atoms with van der Waals surface area (Å²) in [6.07, 6.45) is 11.3. The first-order valence-corrected chi connectivity index (χ1v) is 8.23. The largest absolute Gasteiger partial charge is 0.339 e. The molecule has 3 rings (SSSR count). The number of thiophene rings is 1. The Morgan fingerprint density at radius 3 is 3.00 bits per heavy atom. The molecule has 0 spiro atoms. The highest BCUT2D eigenvalue weighted by Gasteiger charge is 2.36. The van der Waals surface area contributed by atoms with Gasteiger partial charge in [0.05, 0.1) is 0 Å². The smallest absolute Gasteiger partial charge is 0.225 e. The van der Waals surface area contributed by atoms with E-state index in [1.807, 2.05) is 0 Å². The Kier molecular flexibility index (Phi) is 4.02. The Bertz CT molecular complexity index is 447. The van der Waals surface area contributed by atoms with Crippen LogP contribution in [-0.2, 0) is 4.79 Å². The number of piperidine rings is 1. The zero-order valence-corrected chi connectivity index (χ0v) is 12.1. The van der Waals surface area contributed by atoms with Crippen LogP contribution in [0.25, 0.3) is 6.08 Å². The lowest BCUT2D eigenvalue weighted by molar-refractivity contribution is -0.136. The predicted octanol–water partition coefficient (Wildman–Crippen LogP) is 3.94. The predicted molar refractivity (Wildman–Crippen MR) is 80.0 cm³/mol. The number of amides is 1. The van der Waals surface area contributed by atoms with Crippen LogP contribution < -0.4 is 0 Å². The van der Waals surface area contributed by atoms with Gasteiger partial charge in [0, 0.05) is 23.4 Å². The molecule has 2 heterocycles. The molecule has 1 aliphatic heterocycles. The third kappa shape index (κ3) is 3.27. The lowest BCUT2D eigenvalue weighted by Crippen LogP contribution is -2.44. The van der Waals surface area contributed by atoms with Crippen molar-refractivity contribution in [2.45, 2.75) is 44.6 Å². The van der Waals surface area contributed by atoms with E-state index in [-0.39, 0.29) is 0 Å². The van der Waals surface area contributed by atoms with Crippen molar-refractivity contribution in [3.05, 3.63) is 28.5 Å². The molecule has 1 amide bonds. The molecule has 1 unspecified atom stereocenters. The van der Waals surface area contributed by atoms with E-state index in [1.165, 1.54) is 24.1 Å². The molecule has 0 radical (unpaired) electrons. The van der Waals surface area contributed by atoms with E-state index in [0.717, 1.165) is 25.8 Å². The van der Waals surface area contributed by atoms with Gasteiger partial charge in [0.15, 0.2) is 0 Å². The highest BCUT2D eigenvalue weighted by molar-refractivity contribution is 7.10. The van der Waals surface area contributed by atoms with Gasteiger partial charge in [-0.1, -0.05) is 12.1 Å². The minimum Gasteiger partial charge on any atom is -0.339 e. The van der Waals surface area contributed by atoms with Crippen LogP contribution in [0.3, 0.4) is 0 Å². The summed E-state index contributed by atoms with van der Waals surface area (Å²) in [5, 5.41) is 2.10. The fraction of sp³-hybridized carbons (Fsp3) is 0.562. The van der Waals surface area contributed by atoms with Crippen LogP contribution in [0.5, 0.6) is 0 Å². The summed E-state index contributed by atoms with van der Waals surface area (Å²) >= 11 is 1.76. The van der Waals surface area contributed by atoms with Crippen molar-refractivity contribution in [2.24, 2.45) is 5.92 Å². The van der Waals surface area contributed by atoms with Crippen LogP contribution in [0.4, 0.5) is 0 Å². The van der Waals surface area contributed by atoms with Gasteiger partial charge in [-0.15, -0.1) is 11.3 Å². The number of likely N-dealkylation sites (tertiary alicyclic amines) is 1. The minimum atomic E-state index is 0.363. The van der Waals surface area contributed by atoms with Crippen molar-refractivity contribution in [2.75, 3.05) is 6.54 Å². The molecular formula is C16H21NOS. The molecule has 1 saturated heterocycles. The second-order valence-electron chi connectivity index (χ2n) is 5.61. The van der Waals surface area contributed by atoms with Crippen molar-refractivity contribution in [3.8, 4) is 0 Å². The van der Waals surface area contributed by atoms with E-state index in [2.05, 4.69) is 34.6 Å². The van der Waals surface area contributed by atoms with Gasteiger partial charge in [-0.3, -0.25) is 4.79 Å². The first-order valence-electron chi connectivity index (χ1n) is 7.35. The molecule has 1 aromatic rings. The Hall–Kier alpha value is -1.09. The van der Waals surface area contributed by atoms with E-state index < -0.39 is 0 Å².